The normalized spacial score (nSPS) is 12.8. The molecule has 0 aliphatic carbocycles. The van der Waals surface area contributed by atoms with Crippen LogP contribution in [-0.4, -0.2) is 28.1 Å². The zero-order valence-electron chi connectivity index (χ0n) is 11.7. The van der Waals surface area contributed by atoms with Crippen LogP contribution in [0.4, 0.5) is 0 Å². The Morgan fingerprint density at radius 1 is 1.44 bits per heavy atom. The molecule has 0 saturated carbocycles. The third kappa shape index (κ3) is 5.60. The van der Waals surface area contributed by atoms with Crippen LogP contribution in [0.15, 0.2) is 6.20 Å². The van der Waals surface area contributed by atoms with Gasteiger partial charge in [0.15, 0.2) is 0 Å². The van der Waals surface area contributed by atoms with Crippen molar-refractivity contribution in [1.82, 2.24) is 20.3 Å². The van der Waals surface area contributed by atoms with Crippen molar-refractivity contribution >= 4 is 0 Å². The van der Waals surface area contributed by atoms with E-state index in [1.54, 1.807) is 0 Å². The summed E-state index contributed by atoms with van der Waals surface area (Å²) in [6.45, 7) is 7.89. The van der Waals surface area contributed by atoms with E-state index in [0.29, 0.717) is 6.54 Å². The van der Waals surface area contributed by atoms with E-state index in [0.717, 1.165) is 31.2 Å². The number of rotatable bonds is 10. The summed E-state index contributed by atoms with van der Waals surface area (Å²) >= 11 is 0. The fourth-order valence-electron chi connectivity index (χ4n) is 1.98. The van der Waals surface area contributed by atoms with Crippen LogP contribution in [0.2, 0.25) is 0 Å². The van der Waals surface area contributed by atoms with Gasteiger partial charge in [-0.1, -0.05) is 38.3 Å². The van der Waals surface area contributed by atoms with Gasteiger partial charge in [0.1, 0.15) is 0 Å². The first-order chi connectivity index (χ1) is 8.80. The van der Waals surface area contributed by atoms with Gasteiger partial charge in [0, 0.05) is 19.3 Å². The van der Waals surface area contributed by atoms with Crippen molar-refractivity contribution in [1.29, 1.82) is 0 Å². The third-order valence-corrected chi connectivity index (χ3v) is 3.29. The summed E-state index contributed by atoms with van der Waals surface area (Å²) in [5, 5.41) is 11.5. The molecule has 104 valence electrons. The number of nitrogens with one attached hydrogen (secondary N) is 1. The molecule has 1 aromatic rings. The average molecular weight is 253 g/mol. The van der Waals surface area contributed by atoms with E-state index in [-0.39, 0.29) is 0 Å². The van der Waals surface area contributed by atoms with Gasteiger partial charge in [0.2, 0.25) is 0 Å². The van der Waals surface area contributed by atoms with E-state index in [9.17, 15) is 0 Å². The van der Waals surface area contributed by atoms with E-state index in [2.05, 4.69) is 29.5 Å². The van der Waals surface area contributed by atoms with E-state index in [4.69, 9.17) is 5.73 Å². The Labute approximate surface area is 110 Å². The quantitative estimate of drug-likeness (QED) is 0.621. The lowest BCUT2D eigenvalue weighted by Crippen LogP contribution is -2.26. The summed E-state index contributed by atoms with van der Waals surface area (Å²) in [5.74, 6) is 0.806. The zero-order chi connectivity index (χ0) is 13.2. The van der Waals surface area contributed by atoms with Gasteiger partial charge in [0.05, 0.1) is 12.2 Å². The minimum atomic E-state index is 0.461. The second-order valence-corrected chi connectivity index (χ2v) is 4.80. The fraction of sp³-hybridized carbons (Fsp3) is 0.846. The lowest BCUT2D eigenvalue weighted by atomic mass is 9.99. The fourth-order valence-corrected chi connectivity index (χ4v) is 1.98. The number of hydrogen-bond acceptors (Lipinski definition) is 4. The van der Waals surface area contributed by atoms with Crippen LogP contribution in [0.1, 0.15) is 45.2 Å². The first kappa shape index (κ1) is 15.1. The van der Waals surface area contributed by atoms with E-state index in [1.165, 1.54) is 25.7 Å². The third-order valence-electron chi connectivity index (χ3n) is 3.29. The van der Waals surface area contributed by atoms with Gasteiger partial charge in [0.25, 0.3) is 0 Å². The largest absolute Gasteiger partial charge is 0.325 e. The molecule has 0 radical (unpaired) electrons. The molecule has 5 heteroatoms. The molecule has 0 aliphatic rings. The van der Waals surface area contributed by atoms with Crippen LogP contribution in [0.5, 0.6) is 0 Å². The molecule has 1 aromatic heterocycles. The highest BCUT2D eigenvalue weighted by Gasteiger charge is 2.05. The number of unbranched alkanes of at least 4 members (excludes halogenated alkanes) is 1. The first-order valence-corrected chi connectivity index (χ1v) is 7.09. The standard InChI is InChI=1S/C13H27N5/c1-3-5-6-12(4-2)10-15-7-8-18-11-13(9-14)16-17-18/h11-12,15H,3-10,14H2,1-2H3. The highest BCUT2D eigenvalue weighted by atomic mass is 15.4. The molecule has 0 fully saturated rings. The maximum Gasteiger partial charge on any atom is 0.0962 e. The summed E-state index contributed by atoms with van der Waals surface area (Å²) in [5.41, 5.74) is 6.34. The molecule has 1 heterocycles. The molecule has 0 amide bonds. The molecular formula is C13H27N5. The summed E-state index contributed by atoms with van der Waals surface area (Å²) in [4.78, 5) is 0. The van der Waals surface area contributed by atoms with Gasteiger partial charge >= 0.3 is 0 Å². The van der Waals surface area contributed by atoms with Crippen molar-refractivity contribution in [2.24, 2.45) is 11.7 Å². The maximum absolute atomic E-state index is 5.49. The van der Waals surface area contributed by atoms with Gasteiger partial charge < -0.3 is 11.1 Å². The smallest absolute Gasteiger partial charge is 0.0962 e. The minimum Gasteiger partial charge on any atom is -0.325 e. The molecule has 1 unspecified atom stereocenters. The molecule has 3 N–H and O–H groups in total. The first-order valence-electron chi connectivity index (χ1n) is 7.09. The molecule has 0 aromatic carbocycles. The Hall–Kier alpha value is -0.940. The summed E-state index contributed by atoms with van der Waals surface area (Å²) in [6.07, 6.45) is 7.13. The molecule has 5 nitrogen and oxygen atoms in total. The lowest BCUT2D eigenvalue weighted by Gasteiger charge is -2.15. The highest BCUT2D eigenvalue weighted by Crippen LogP contribution is 2.10. The van der Waals surface area contributed by atoms with Gasteiger partial charge in [-0.3, -0.25) is 4.68 Å². The molecule has 0 aliphatic heterocycles. The summed E-state index contributed by atoms with van der Waals surface area (Å²) < 4.78 is 1.85. The number of nitrogens with two attached hydrogens (primary N) is 1. The van der Waals surface area contributed by atoms with Crippen molar-refractivity contribution in [2.75, 3.05) is 13.1 Å². The summed E-state index contributed by atoms with van der Waals surface area (Å²) in [7, 11) is 0. The maximum atomic E-state index is 5.49. The van der Waals surface area contributed by atoms with Crippen LogP contribution in [0, 0.1) is 5.92 Å². The zero-order valence-corrected chi connectivity index (χ0v) is 11.7. The number of nitrogens with zero attached hydrogens (tertiary/aromatic N) is 3. The monoisotopic (exact) mass is 253 g/mol. The predicted octanol–water partition coefficient (Wildman–Crippen LogP) is 1.54. The molecule has 18 heavy (non-hydrogen) atoms. The second-order valence-electron chi connectivity index (χ2n) is 4.80. The number of hydrogen-bond donors (Lipinski definition) is 2. The van der Waals surface area contributed by atoms with Crippen LogP contribution >= 0.6 is 0 Å². The Balaban J connectivity index is 2.13. The number of aromatic nitrogens is 3. The van der Waals surface area contributed by atoms with Gasteiger partial charge in [-0.05, 0) is 18.9 Å². The Morgan fingerprint density at radius 3 is 2.89 bits per heavy atom. The Morgan fingerprint density at radius 2 is 2.28 bits per heavy atom. The van der Waals surface area contributed by atoms with Crippen LogP contribution in [0.25, 0.3) is 0 Å². The van der Waals surface area contributed by atoms with Crippen molar-refractivity contribution in [3.8, 4) is 0 Å². The van der Waals surface area contributed by atoms with Gasteiger partial charge in [-0.25, -0.2) is 0 Å². The highest BCUT2D eigenvalue weighted by molar-refractivity contribution is 4.90. The molecule has 0 spiro atoms. The molecular weight excluding hydrogens is 226 g/mol. The Bertz CT molecular complexity index is 310. The lowest BCUT2D eigenvalue weighted by molar-refractivity contribution is 0.410. The Kier molecular flexibility index (Phi) is 7.60. The topological polar surface area (TPSA) is 68.8 Å². The van der Waals surface area contributed by atoms with E-state index in [1.807, 2.05) is 10.9 Å². The van der Waals surface area contributed by atoms with E-state index < -0.39 is 0 Å². The second kappa shape index (κ2) is 9.05. The predicted molar refractivity (Wildman–Crippen MR) is 74.1 cm³/mol. The van der Waals surface area contributed by atoms with Gasteiger partial charge in [-0.15, -0.1) is 5.10 Å². The molecule has 1 atom stereocenters. The summed E-state index contributed by atoms with van der Waals surface area (Å²) in [6, 6.07) is 0. The van der Waals surface area contributed by atoms with Crippen molar-refractivity contribution < 1.29 is 0 Å². The molecule has 0 bridgehead atoms. The van der Waals surface area contributed by atoms with Crippen LogP contribution < -0.4 is 11.1 Å². The van der Waals surface area contributed by atoms with Crippen molar-refractivity contribution in [3.63, 3.8) is 0 Å². The van der Waals surface area contributed by atoms with Crippen LogP contribution in [0.3, 0.4) is 0 Å². The average Bonchev–Trinajstić information content (AvgIpc) is 2.86. The molecule has 1 rings (SSSR count). The SMILES string of the molecule is CCCCC(CC)CNCCn1cc(CN)nn1. The minimum absolute atomic E-state index is 0.461. The molecule has 0 saturated heterocycles. The van der Waals surface area contributed by atoms with Crippen molar-refractivity contribution in [2.45, 2.75) is 52.6 Å². The van der Waals surface area contributed by atoms with Gasteiger partial charge in [-0.2, -0.15) is 0 Å². The van der Waals surface area contributed by atoms with Crippen molar-refractivity contribution in [3.05, 3.63) is 11.9 Å². The van der Waals surface area contributed by atoms with E-state index >= 15 is 0 Å². The van der Waals surface area contributed by atoms with Crippen LogP contribution in [-0.2, 0) is 13.1 Å².